The predicted octanol–water partition coefficient (Wildman–Crippen LogP) is 3.54. The van der Waals surface area contributed by atoms with E-state index in [9.17, 15) is 22.3 Å². The number of hydrogen-bond donors (Lipinski definition) is 2. The minimum atomic E-state index is -4.27. The zero-order chi connectivity index (χ0) is 15.8. The van der Waals surface area contributed by atoms with Gasteiger partial charge in [-0.2, -0.15) is 0 Å². The van der Waals surface area contributed by atoms with Crippen molar-refractivity contribution in [3.63, 3.8) is 0 Å². The summed E-state index contributed by atoms with van der Waals surface area (Å²) in [7, 11) is -4.27. The number of nitrogens with one attached hydrogen (secondary N) is 1. The van der Waals surface area contributed by atoms with E-state index in [4.69, 9.17) is 0 Å². The standard InChI is InChI=1S/C13H10BrF2NO3S/c1-7-2-3-9(6-12(7)18)17-21(19,20)13-10(14)4-8(15)5-11(13)16/h2-6,17-18H,1H3. The molecule has 2 rings (SSSR count). The van der Waals surface area contributed by atoms with Crippen molar-refractivity contribution < 1.29 is 22.3 Å². The van der Waals surface area contributed by atoms with Crippen molar-refractivity contribution in [2.24, 2.45) is 0 Å². The molecule has 0 aliphatic carbocycles. The van der Waals surface area contributed by atoms with Crippen LogP contribution in [-0.4, -0.2) is 13.5 Å². The van der Waals surface area contributed by atoms with Crippen molar-refractivity contribution >= 4 is 31.6 Å². The second-order valence-corrected chi connectivity index (χ2v) is 6.78. The molecule has 0 bridgehead atoms. The van der Waals surface area contributed by atoms with E-state index < -0.39 is 26.6 Å². The number of aromatic hydroxyl groups is 1. The Morgan fingerprint density at radius 2 is 1.86 bits per heavy atom. The normalized spacial score (nSPS) is 11.4. The summed E-state index contributed by atoms with van der Waals surface area (Å²) in [6.45, 7) is 1.64. The molecule has 0 fully saturated rings. The zero-order valence-corrected chi connectivity index (χ0v) is 13.1. The minimum absolute atomic E-state index is 0.0636. The summed E-state index contributed by atoms with van der Waals surface area (Å²) in [5.74, 6) is -2.22. The van der Waals surface area contributed by atoms with Gasteiger partial charge >= 0.3 is 0 Å². The van der Waals surface area contributed by atoms with E-state index in [-0.39, 0.29) is 15.9 Å². The Morgan fingerprint density at radius 3 is 2.43 bits per heavy atom. The lowest BCUT2D eigenvalue weighted by molar-refractivity contribution is 0.471. The first kappa shape index (κ1) is 15.7. The van der Waals surface area contributed by atoms with E-state index >= 15 is 0 Å². The number of benzene rings is 2. The van der Waals surface area contributed by atoms with Gasteiger partial charge in [0.25, 0.3) is 10.0 Å². The first-order chi connectivity index (χ1) is 9.70. The predicted molar refractivity (Wildman–Crippen MR) is 77.7 cm³/mol. The lowest BCUT2D eigenvalue weighted by atomic mass is 10.2. The topological polar surface area (TPSA) is 66.4 Å². The number of hydrogen-bond acceptors (Lipinski definition) is 3. The molecule has 2 aromatic rings. The van der Waals surface area contributed by atoms with Crippen molar-refractivity contribution in [2.45, 2.75) is 11.8 Å². The molecule has 0 amide bonds. The Hall–Kier alpha value is -1.67. The van der Waals surface area contributed by atoms with Gasteiger partial charge in [0.1, 0.15) is 22.3 Å². The molecule has 0 aliphatic rings. The van der Waals surface area contributed by atoms with Crippen molar-refractivity contribution in [3.8, 4) is 5.75 Å². The molecule has 0 radical (unpaired) electrons. The quantitative estimate of drug-likeness (QED) is 0.859. The highest BCUT2D eigenvalue weighted by atomic mass is 79.9. The molecule has 0 spiro atoms. The summed E-state index contributed by atoms with van der Waals surface area (Å²) in [5, 5.41) is 9.55. The van der Waals surface area contributed by atoms with Gasteiger partial charge in [-0.05, 0) is 40.5 Å². The van der Waals surface area contributed by atoms with Crippen LogP contribution in [0, 0.1) is 18.6 Å². The lowest BCUT2D eigenvalue weighted by Crippen LogP contribution is -2.15. The first-order valence-corrected chi connectivity index (χ1v) is 7.95. The summed E-state index contributed by atoms with van der Waals surface area (Å²) in [5.41, 5.74) is 0.626. The van der Waals surface area contributed by atoms with Gasteiger partial charge in [0.05, 0.1) is 5.69 Å². The van der Waals surface area contributed by atoms with Gasteiger partial charge < -0.3 is 5.11 Å². The third-order valence-corrected chi connectivity index (χ3v) is 5.04. The maximum Gasteiger partial charge on any atom is 0.265 e. The molecule has 21 heavy (non-hydrogen) atoms. The fraction of sp³-hybridized carbons (Fsp3) is 0.0769. The van der Waals surface area contributed by atoms with Crippen molar-refractivity contribution in [1.82, 2.24) is 0 Å². The van der Waals surface area contributed by atoms with Crippen LogP contribution in [0.4, 0.5) is 14.5 Å². The Morgan fingerprint density at radius 1 is 1.19 bits per heavy atom. The van der Waals surface area contributed by atoms with Gasteiger partial charge in [-0.25, -0.2) is 17.2 Å². The number of anilines is 1. The fourth-order valence-electron chi connectivity index (χ4n) is 1.66. The highest BCUT2D eigenvalue weighted by Crippen LogP contribution is 2.29. The number of phenols is 1. The summed E-state index contributed by atoms with van der Waals surface area (Å²) in [6, 6.07) is 5.45. The maximum absolute atomic E-state index is 13.7. The van der Waals surface area contributed by atoms with Crippen LogP contribution in [0.1, 0.15) is 5.56 Å². The average Bonchev–Trinajstić information content (AvgIpc) is 2.31. The van der Waals surface area contributed by atoms with Gasteiger partial charge in [0.2, 0.25) is 0 Å². The van der Waals surface area contributed by atoms with E-state index in [1.165, 1.54) is 18.2 Å². The van der Waals surface area contributed by atoms with Crippen LogP contribution in [-0.2, 0) is 10.0 Å². The minimum Gasteiger partial charge on any atom is -0.508 e. The SMILES string of the molecule is Cc1ccc(NS(=O)(=O)c2c(F)cc(F)cc2Br)cc1O. The molecule has 2 N–H and O–H groups in total. The molecule has 0 atom stereocenters. The van der Waals surface area contributed by atoms with Crippen LogP contribution in [0.5, 0.6) is 5.75 Å². The molecule has 0 heterocycles. The molecule has 0 saturated heterocycles. The Labute approximate surface area is 128 Å². The summed E-state index contributed by atoms with van der Waals surface area (Å²) in [4.78, 5) is -0.705. The molecule has 2 aromatic carbocycles. The van der Waals surface area contributed by atoms with Gasteiger partial charge in [-0.15, -0.1) is 0 Å². The van der Waals surface area contributed by atoms with Gasteiger partial charge in [0.15, 0.2) is 0 Å². The Balaban J connectivity index is 2.46. The third kappa shape index (κ3) is 3.33. The summed E-state index contributed by atoms with van der Waals surface area (Å²) < 4.78 is 52.9. The molecular formula is C13H10BrF2NO3S. The van der Waals surface area contributed by atoms with Crippen LogP contribution < -0.4 is 4.72 Å². The van der Waals surface area contributed by atoms with E-state index in [2.05, 4.69) is 20.7 Å². The second-order valence-electron chi connectivity index (χ2n) is 4.31. The van der Waals surface area contributed by atoms with Crippen molar-refractivity contribution in [2.75, 3.05) is 4.72 Å². The number of phenolic OH excluding ortho intramolecular Hbond substituents is 1. The van der Waals surface area contributed by atoms with Crippen molar-refractivity contribution in [1.29, 1.82) is 0 Å². The average molecular weight is 378 g/mol. The molecule has 4 nitrogen and oxygen atoms in total. The highest BCUT2D eigenvalue weighted by Gasteiger charge is 2.24. The molecule has 112 valence electrons. The maximum atomic E-state index is 13.7. The number of sulfonamides is 1. The summed E-state index contributed by atoms with van der Waals surface area (Å²) >= 11 is 2.82. The van der Waals surface area contributed by atoms with Crippen LogP contribution >= 0.6 is 15.9 Å². The Kier molecular flexibility index (Phi) is 4.20. The molecule has 0 aromatic heterocycles. The second kappa shape index (κ2) is 5.61. The van der Waals surface area contributed by atoms with Gasteiger partial charge in [-0.3, -0.25) is 4.72 Å². The molecule has 8 heteroatoms. The van der Waals surface area contributed by atoms with Crippen LogP contribution in [0.15, 0.2) is 39.7 Å². The smallest absolute Gasteiger partial charge is 0.265 e. The third-order valence-electron chi connectivity index (χ3n) is 2.69. The van der Waals surface area contributed by atoms with Crippen LogP contribution in [0.2, 0.25) is 0 Å². The van der Waals surface area contributed by atoms with E-state index in [0.717, 1.165) is 6.07 Å². The number of rotatable bonds is 3. The van der Waals surface area contributed by atoms with Crippen LogP contribution in [0.3, 0.4) is 0 Å². The van der Waals surface area contributed by atoms with Gasteiger partial charge in [0, 0.05) is 16.6 Å². The highest BCUT2D eigenvalue weighted by molar-refractivity contribution is 9.10. The lowest BCUT2D eigenvalue weighted by Gasteiger charge is -2.11. The molecular weight excluding hydrogens is 368 g/mol. The molecule has 0 aliphatic heterocycles. The number of halogens is 3. The molecule has 0 saturated carbocycles. The largest absolute Gasteiger partial charge is 0.508 e. The fourth-order valence-corrected chi connectivity index (χ4v) is 3.88. The first-order valence-electron chi connectivity index (χ1n) is 5.67. The van der Waals surface area contributed by atoms with Crippen molar-refractivity contribution in [3.05, 3.63) is 52.0 Å². The molecule has 0 unspecified atom stereocenters. The monoisotopic (exact) mass is 377 g/mol. The zero-order valence-electron chi connectivity index (χ0n) is 10.7. The summed E-state index contributed by atoms with van der Waals surface area (Å²) in [6.07, 6.45) is 0. The van der Waals surface area contributed by atoms with E-state index in [1.54, 1.807) is 6.92 Å². The van der Waals surface area contributed by atoms with Crippen LogP contribution in [0.25, 0.3) is 0 Å². The van der Waals surface area contributed by atoms with E-state index in [1.807, 2.05) is 0 Å². The Bertz CT molecular complexity index is 786. The van der Waals surface area contributed by atoms with Gasteiger partial charge in [-0.1, -0.05) is 6.07 Å². The van der Waals surface area contributed by atoms with E-state index in [0.29, 0.717) is 11.6 Å². The number of aryl methyl sites for hydroxylation is 1.